The lowest BCUT2D eigenvalue weighted by Crippen LogP contribution is -2.21. The van der Waals surface area contributed by atoms with Gasteiger partial charge in [-0.3, -0.25) is 0 Å². The van der Waals surface area contributed by atoms with E-state index in [9.17, 15) is 0 Å². The van der Waals surface area contributed by atoms with Gasteiger partial charge in [-0.1, -0.05) is 27.7 Å². The zero-order chi connectivity index (χ0) is 15.9. The van der Waals surface area contributed by atoms with Crippen LogP contribution in [-0.2, 0) is 10.2 Å². The van der Waals surface area contributed by atoms with Crippen molar-refractivity contribution in [2.24, 2.45) is 5.84 Å². The van der Waals surface area contributed by atoms with Gasteiger partial charge in [-0.25, -0.2) is 15.8 Å². The number of hydrogen-bond acceptors (Lipinski definition) is 6. The zero-order valence-electron chi connectivity index (χ0n) is 13.9. The monoisotopic (exact) mass is 295 g/mol. The standard InChI is InChI=1S/C15H29N5O/c1-6-9-21-10-7-8-17-12-11(2)13(20-16)19-14(18-12)15(3,4)5/h6-10,16H2,1-5H3,(H2,17,18,19,20). The van der Waals surface area contributed by atoms with Crippen molar-refractivity contribution in [2.45, 2.75) is 52.9 Å². The third-order valence-electron chi connectivity index (χ3n) is 3.06. The minimum absolute atomic E-state index is 0.125. The molecule has 0 unspecified atom stereocenters. The van der Waals surface area contributed by atoms with Gasteiger partial charge in [-0.2, -0.15) is 0 Å². The smallest absolute Gasteiger partial charge is 0.148 e. The molecule has 0 bridgehead atoms. The summed E-state index contributed by atoms with van der Waals surface area (Å²) in [5.74, 6) is 7.82. The van der Waals surface area contributed by atoms with E-state index in [1.807, 2.05) is 6.92 Å². The van der Waals surface area contributed by atoms with Crippen LogP contribution in [0, 0.1) is 6.92 Å². The Balaban J connectivity index is 2.72. The van der Waals surface area contributed by atoms with E-state index in [0.29, 0.717) is 5.82 Å². The summed E-state index contributed by atoms with van der Waals surface area (Å²) >= 11 is 0. The molecule has 0 aliphatic carbocycles. The van der Waals surface area contributed by atoms with Crippen molar-refractivity contribution < 1.29 is 4.74 Å². The van der Waals surface area contributed by atoms with E-state index < -0.39 is 0 Å². The van der Waals surface area contributed by atoms with Gasteiger partial charge in [0.25, 0.3) is 0 Å². The van der Waals surface area contributed by atoms with Crippen LogP contribution in [0.25, 0.3) is 0 Å². The van der Waals surface area contributed by atoms with Gasteiger partial charge in [0.15, 0.2) is 0 Å². The number of hydrogen-bond donors (Lipinski definition) is 3. The Morgan fingerprint density at radius 1 is 1.14 bits per heavy atom. The molecule has 1 heterocycles. The molecule has 0 spiro atoms. The Morgan fingerprint density at radius 2 is 1.81 bits per heavy atom. The largest absolute Gasteiger partial charge is 0.381 e. The number of nitrogens with one attached hydrogen (secondary N) is 2. The summed E-state index contributed by atoms with van der Waals surface area (Å²) in [5, 5.41) is 3.35. The second-order valence-corrected chi connectivity index (χ2v) is 6.16. The third-order valence-corrected chi connectivity index (χ3v) is 3.06. The van der Waals surface area contributed by atoms with Gasteiger partial charge in [0.05, 0.1) is 0 Å². The summed E-state index contributed by atoms with van der Waals surface area (Å²) in [7, 11) is 0. The average Bonchev–Trinajstić information content (AvgIpc) is 2.43. The van der Waals surface area contributed by atoms with Crippen LogP contribution in [0.5, 0.6) is 0 Å². The highest BCUT2D eigenvalue weighted by atomic mass is 16.5. The summed E-state index contributed by atoms with van der Waals surface area (Å²) in [6, 6.07) is 0. The second kappa shape index (κ2) is 8.14. The van der Waals surface area contributed by atoms with E-state index in [2.05, 4.69) is 48.4 Å². The predicted molar refractivity (Wildman–Crippen MR) is 87.5 cm³/mol. The number of nitrogens with zero attached hydrogens (tertiary/aromatic N) is 2. The van der Waals surface area contributed by atoms with Crippen LogP contribution in [0.1, 0.15) is 51.9 Å². The molecule has 0 saturated carbocycles. The minimum Gasteiger partial charge on any atom is -0.381 e. The first-order valence-electron chi connectivity index (χ1n) is 7.57. The van der Waals surface area contributed by atoms with Crippen LogP contribution in [0.4, 0.5) is 11.6 Å². The van der Waals surface area contributed by atoms with Crippen molar-refractivity contribution in [3.63, 3.8) is 0 Å². The zero-order valence-corrected chi connectivity index (χ0v) is 13.9. The van der Waals surface area contributed by atoms with Crippen molar-refractivity contribution in [2.75, 3.05) is 30.5 Å². The normalized spacial score (nSPS) is 11.5. The van der Waals surface area contributed by atoms with Crippen molar-refractivity contribution >= 4 is 11.6 Å². The lowest BCUT2D eigenvalue weighted by molar-refractivity contribution is 0.134. The fourth-order valence-corrected chi connectivity index (χ4v) is 1.79. The molecule has 0 radical (unpaired) electrons. The van der Waals surface area contributed by atoms with Gasteiger partial charge >= 0.3 is 0 Å². The third kappa shape index (κ3) is 5.47. The maximum atomic E-state index is 5.55. The fourth-order valence-electron chi connectivity index (χ4n) is 1.79. The maximum absolute atomic E-state index is 5.55. The maximum Gasteiger partial charge on any atom is 0.148 e. The van der Waals surface area contributed by atoms with E-state index >= 15 is 0 Å². The minimum atomic E-state index is -0.125. The van der Waals surface area contributed by atoms with Crippen LogP contribution < -0.4 is 16.6 Å². The molecule has 0 fully saturated rings. The number of ether oxygens (including phenoxy) is 1. The van der Waals surface area contributed by atoms with E-state index in [4.69, 9.17) is 10.6 Å². The molecule has 0 amide bonds. The number of aromatic nitrogens is 2. The molecule has 1 rings (SSSR count). The van der Waals surface area contributed by atoms with E-state index in [-0.39, 0.29) is 5.41 Å². The fraction of sp³-hybridized carbons (Fsp3) is 0.733. The van der Waals surface area contributed by atoms with Crippen LogP contribution in [0.15, 0.2) is 0 Å². The summed E-state index contributed by atoms with van der Waals surface area (Å²) in [5.41, 5.74) is 3.46. The van der Waals surface area contributed by atoms with Crippen LogP contribution >= 0.6 is 0 Å². The van der Waals surface area contributed by atoms with E-state index in [1.165, 1.54) is 0 Å². The Labute approximate surface area is 127 Å². The topological polar surface area (TPSA) is 85.1 Å². The molecule has 0 atom stereocenters. The SMILES string of the molecule is CCCOCCCNc1nc(C(C)(C)C)nc(NN)c1C. The first-order chi connectivity index (χ1) is 9.90. The molecular formula is C15H29N5O. The molecule has 0 aliphatic rings. The lowest BCUT2D eigenvalue weighted by atomic mass is 9.95. The summed E-state index contributed by atoms with van der Waals surface area (Å²) in [6.45, 7) is 12.7. The van der Waals surface area contributed by atoms with Crippen LogP contribution in [0.3, 0.4) is 0 Å². The van der Waals surface area contributed by atoms with E-state index in [0.717, 1.165) is 49.8 Å². The first kappa shape index (κ1) is 17.7. The predicted octanol–water partition coefficient (Wildman–Crippen LogP) is 2.60. The van der Waals surface area contributed by atoms with Gasteiger partial charge in [-0.05, 0) is 19.8 Å². The Hall–Kier alpha value is -1.40. The second-order valence-electron chi connectivity index (χ2n) is 6.16. The van der Waals surface area contributed by atoms with Gasteiger partial charge < -0.3 is 15.5 Å². The summed E-state index contributed by atoms with van der Waals surface area (Å²) in [6.07, 6.45) is 2.00. The molecule has 6 nitrogen and oxygen atoms in total. The van der Waals surface area contributed by atoms with Crippen molar-refractivity contribution in [1.29, 1.82) is 0 Å². The summed E-state index contributed by atoms with van der Waals surface area (Å²) in [4.78, 5) is 9.11. The Bertz CT molecular complexity index is 442. The van der Waals surface area contributed by atoms with Crippen molar-refractivity contribution in [1.82, 2.24) is 9.97 Å². The Kier molecular flexibility index (Phi) is 6.84. The number of rotatable bonds is 8. The first-order valence-corrected chi connectivity index (χ1v) is 7.57. The highest BCUT2D eigenvalue weighted by molar-refractivity contribution is 5.57. The highest BCUT2D eigenvalue weighted by Gasteiger charge is 2.20. The lowest BCUT2D eigenvalue weighted by Gasteiger charge is -2.20. The van der Waals surface area contributed by atoms with Gasteiger partial charge in [0, 0.05) is 30.7 Å². The molecule has 0 aromatic carbocycles. The molecule has 120 valence electrons. The highest BCUT2D eigenvalue weighted by Crippen LogP contribution is 2.25. The Morgan fingerprint density at radius 3 is 2.38 bits per heavy atom. The molecule has 0 saturated heterocycles. The van der Waals surface area contributed by atoms with Crippen LogP contribution in [0.2, 0.25) is 0 Å². The number of hydrazine groups is 1. The van der Waals surface area contributed by atoms with E-state index in [1.54, 1.807) is 0 Å². The average molecular weight is 295 g/mol. The molecule has 21 heavy (non-hydrogen) atoms. The van der Waals surface area contributed by atoms with Crippen molar-refractivity contribution in [3.05, 3.63) is 11.4 Å². The molecule has 6 heteroatoms. The molecule has 1 aromatic rings. The van der Waals surface area contributed by atoms with Gasteiger partial charge in [0.2, 0.25) is 0 Å². The number of nitrogens with two attached hydrogens (primary N) is 1. The molecule has 4 N–H and O–H groups in total. The molecular weight excluding hydrogens is 266 g/mol. The summed E-state index contributed by atoms with van der Waals surface area (Å²) < 4.78 is 5.47. The molecule has 0 aliphatic heterocycles. The van der Waals surface area contributed by atoms with Crippen molar-refractivity contribution in [3.8, 4) is 0 Å². The number of nitrogen functional groups attached to an aromatic ring is 1. The van der Waals surface area contributed by atoms with Gasteiger partial charge in [0.1, 0.15) is 17.5 Å². The number of anilines is 2. The van der Waals surface area contributed by atoms with Crippen LogP contribution in [-0.4, -0.2) is 29.7 Å². The van der Waals surface area contributed by atoms with Gasteiger partial charge in [-0.15, -0.1) is 0 Å². The molecule has 1 aromatic heterocycles. The quantitative estimate of drug-likeness (QED) is 0.388.